The van der Waals surface area contributed by atoms with Crippen molar-refractivity contribution in [1.29, 1.82) is 0 Å². The van der Waals surface area contributed by atoms with Crippen molar-refractivity contribution in [3.8, 4) is 0 Å². The maximum atomic E-state index is 11.2. The van der Waals surface area contributed by atoms with Gasteiger partial charge in [-0.3, -0.25) is 4.79 Å². The highest BCUT2D eigenvalue weighted by Crippen LogP contribution is 2.25. The molecule has 0 bridgehead atoms. The SMILES string of the molecule is C/C=C/C(=O)Nc1ccc(Cl)cc1Cl. The standard InChI is InChI=1S/C10H9Cl2NO/c1-2-3-10(14)13-9-5-4-7(11)6-8(9)12/h2-6H,1H3,(H,13,14)/b3-2+. The molecule has 0 heterocycles. The number of hydrogen-bond donors (Lipinski definition) is 1. The fraction of sp³-hybridized carbons (Fsp3) is 0.100. The molecule has 4 heteroatoms. The Morgan fingerprint density at radius 3 is 2.71 bits per heavy atom. The van der Waals surface area contributed by atoms with Gasteiger partial charge in [0.25, 0.3) is 0 Å². The van der Waals surface area contributed by atoms with Crippen molar-refractivity contribution < 1.29 is 4.79 Å². The molecule has 2 nitrogen and oxygen atoms in total. The number of rotatable bonds is 2. The number of carbonyl (C=O) groups excluding carboxylic acids is 1. The molecule has 0 aromatic heterocycles. The topological polar surface area (TPSA) is 29.1 Å². The van der Waals surface area contributed by atoms with Crippen molar-refractivity contribution in [2.75, 3.05) is 5.32 Å². The third-order valence-electron chi connectivity index (χ3n) is 1.51. The molecule has 0 spiro atoms. The predicted octanol–water partition coefficient (Wildman–Crippen LogP) is 3.51. The zero-order valence-corrected chi connectivity index (χ0v) is 9.06. The van der Waals surface area contributed by atoms with Gasteiger partial charge >= 0.3 is 0 Å². The van der Waals surface area contributed by atoms with Gasteiger partial charge in [-0.1, -0.05) is 29.3 Å². The highest BCUT2D eigenvalue weighted by atomic mass is 35.5. The summed E-state index contributed by atoms with van der Waals surface area (Å²) < 4.78 is 0. The first-order valence-electron chi connectivity index (χ1n) is 4.02. The summed E-state index contributed by atoms with van der Waals surface area (Å²) in [5.41, 5.74) is 0.555. The summed E-state index contributed by atoms with van der Waals surface area (Å²) in [5.74, 6) is -0.211. The molecule has 1 amide bonds. The Labute approximate surface area is 92.5 Å². The minimum atomic E-state index is -0.211. The Morgan fingerprint density at radius 1 is 1.43 bits per heavy atom. The maximum absolute atomic E-state index is 11.2. The Bertz CT molecular complexity index is 374. The van der Waals surface area contributed by atoms with Gasteiger partial charge in [-0.15, -0.1) is 0 Å². The van der Waals surface area contributed by atoms with Crippen LogP contribution in [0.3, 0.4) is 0 Å². The minimum Gasteiger partial charge on any atom is -0.321 e. The Hall–Kier alpha value is -0.990. The molecule has 1 aromatic carbocycles. The quantitative estimate of drug-likeness (QED) is 0.774. The largest absolute Gasteiger partial charge is 0.321 e. The van der Waals surface area contributed by atoms with E-state index in [1.807, 2.05) is 0 Å². The van der Waals surface area contributed by atoms with Gasteiger partial charge in [0.1, 0.15) is 0 Å². The van der Waals surface area contributed by atoms with Crippen LogP contribution in [0, 0.1) is 0 Å². The molecule has 0 saturated heterocycles. The Morgan fingerprint density at radius 2 is 2.14 bits per heavy atom. The van der Waals surface area contributed by atoms with Crippen molar-refractivity contribution in [3.63, 3.8) is 0 Å². The van der Waals surface area contributed by atoms with Crippen molar-refractivity contribution >= 4 is 34.8 Å². The van der Waals surface area contributed by atoms with E-state index in [1.165, 1.54) is 6.08 Å². The summed E-state index contributed by atoms with van der Waals surface area (Å²) in [5, 5.41) is 3.59. The first-order chi connectivity index (χ1) is 6.63. The molecule has 14 heavy (non-hydrogen) atoms. The summed E-state index contributed by atoms with van der Waals surface area (Å²) in [6.07, 6.45) is 3.07. The van der Waals surface area contributed by atoms with Gasteiger partial charge in [0, 0.05) is 5.02 Å². The fourth-order valence-corrected chi connectivity index (χ4v) is 1.37. The smallest absolute Gasteiger partial charge is 0.248 e. The van der Waals surface area contributed by atoms with Crippen molar-refractivity contribution in [1.82, 2.24) is 0 Å². The van der Waals surface area contributed by atoms with E-state index in [0.29, 0.717) is 15.7 Å². The van der Waals surface area contributed by atoms with Gasteiger partial charge in [0.05, 0.1) is 10.7 Å². The van der Waals surface area contributed by atoms with E-state index in [-0.39, 0.29) is 5.91 Å². The van der Waals surface area contributed by atoms with Gasteiger partial charge in [0.15, 0.2) is 0 Å². The van der Waals surface area contributed by atoms with E-state index in [4.69, 9.17) is 23.2 Å². The first kappa shape index (κ1) is 11.1. The molecule has 74 valence electrons. The molecular weight excluding hydrogens is 221 g/mol. The lowest BCUT2D eigenvalue weighted by Gasteiger charge is -2.04. The van der Waals surface area contributed by atoms with Crippen LogP contribution >= 0.6 is 23.2 Å². The molecule has 0 radical (unpaired) electrons. The lowest BCUT2D eigenvalue weighted by atomic mass is 10.3. The van der Waals surface area contributed by atoms with E-state index in [9.17, 15) is 4.79 Å². The van der Waals surface area contributed by atoms with Crippen LogP contribution in [-0.2, 0) is 4.79 Å². The zero-order valence-electron chi connectivity index (χ0n) is 7.55. The van der Waals surface area contributed by atoms with Crippen molar-refractivity contribution in [2.24, 2.45) is 0 Å². The molecule has 1 rings (SSSR count). The van der Waals surface area contributed by atoms with Crippen molar-refractivity contribution in [3.05, 3.63) is 40.4 Å². The number of nitrogens with one attached hydrogen (secondary N) is 1. The van der Waals surface area contributed by atoms with E-state index >= 15 is 0 Å². The average Bonchev–Trinajstić information content (AvgIpc) is 2.10. The molecule has 1 N–H and O–H groups in total. The van der Waals surface area contributed by atoms with Crippen LogP contribution in [0.4, 0.5) is 5.69 Å². The average molecular weight is 230 g/mol. The highest BCUT2D eigenvalue weighted by Gasteiger charge is 2.02. The van der Waals surface area contributed by atoms with E-state index < -0.39 is 0 Å². The lowest BCUT2D eigenvalue weighted by molar-refractivity contribution is -0.111. The number of allylic oxidation sites excluding steroid dienone is 1. The normalized spacial score (nSPS) is 10.5. The molecule has 0 unspecified atom stereocenters. The second-order valence-electron chi connectivity index (χ2n) is 2.61. The number of carbonyl (C=O) groups is 1. The van der Waals surface area contributed by atoms with Gasteiger partial charge in [-0.25, -0.2) is 0 Å². The van der Waals surface area contributed by atoms with E-state index in [0.717, 1.165) is 0 Å². The monoisotopic (exact) mass is 229 g/mol. The van der Waals surface area contributed by atoms with Crippen LogP contribution < -0.4 is 5.32 Å². The fourth-order valence-electron chi connectivity index (χ4n) is 0.917. The van der Waals surface area contributed by atoms with Gasteiger partial charge in [-0.05, 0) is 31.2 Å². The number of benzene rings is 1. The highest BCUT2D eigenvalue weighted by molar-refractivity contribution is 6.36. The van der Waals surface area contributed by atoms with Crippen LogP contribution in [0.1, 0.15) is 6.92 Å². The van der Waals surface area contributed by atoms with Gasteiger partial charge in [0.2, 0.25) is 5.91 Å². The Kier molecular flexibility index (Phi) is 3.98. The molecule has 1 aromatic rings. The summed E-state index contributed by atoms with van der Waals surface area (Å²) >= 11 is 11.6. The molecule has 0 saturated carbocycles. The summed E-state index contributed by atoms with van der Waals surface area (Å²) in [6.45, 7) is 1.77. The number of anilines is 1. The molecule has 0 aliphatic rings. The van der Waals surface area contributed by atoms with E-state index in [2.05, 4.69) is 5.32 Å². The van der Waals surface area contributed by atoms with Crippen molar-refractivity contribution in [2.45, 2.75) is 6.92 Å². The van der Waals surface area contributed by atoms with Crippen LogP contribution in [-0.4, -0.2) is 5.91 Å². The Balaban J connectivity index is 2.82. The van der Waals surface area contributed by atoms with Gasteiger partial charge in [-0.2, -0.15) is 0 Å². The zero-order chi connectivity index (χ0) is 10.6. The molecule has 0 aliphatic heterocycles. The van der Waals surface area contributed by atoms with E-state index in [1.54, 1.807) is 31.2 Å². The summed E-state index contributed by atoms with van der Waals surface area (Å²) in [7, 11) is 0. The van der Waals surface area contributed by atoms with Crippen LogP contribution in [0.5, 0.6) is 0 Å². The minimum absolute atomic E-state index is 0.211. The molecule has 0 aliphatic carbocycles. The van der Waals surface area contributed by atoms with Crippen LogP contribution in [0.2, 0.25) is 10.0 Å². The summed E-state index contributed by atoms with van der Waals surface area (Å²) in [6, 6.07) is 4.90. The maximum Gasteiger partial charge on any atom is 0.248 e. The molecule has 0 fully saturated rings. The second-order valence-corrected chi connectivity index (χ2v) is 3.46. The lowest BCUT2D eigenvalue weighted by Crippen LogP contribution is -2.07. The third kappa shape index (κ3) is 3.05. The molecule has 0 atom stereocenters. The number of amides is 1. The summed E-state index contributed by atoms with van der Waals surface area (Å²) in [4.78, 5) is 11.2. The van der Waals surface area contributed by atoms with Gasteiger partial charge < -0.3 is 5.32 Å². The predicted molar refractivity (Wildman–Crippen MR) is 59.9 cm³/mol. The van der Waals surface area contributed by atoms with Crippen LogP contribution in [0.15, 0.2) is 30.4 Å². The second kappa shape index (κ2) is 5.03. The first-order valence-corrected chi connectivity index (χ1v) is 4.78. The molecular formula is C10H9Cl2NO. The number of hydrogen-bond acceptors (Lipinski definition) is 1. The third-order valence-corrected chi connectivity index (χ3v) is 2.05. The van der Waals surface area contributed by atoms with Crippen LogP contribution in [0.25, 0.3) is 0 Å². The number of halogens is 2.